The van der Waals surface area contributed by atoms with Crippen LogP contribution in [0.5, 0.6) is 0 Å². The number of hydrogen-bond acceptors (Lipinski definition) is 5. The summed E-state index contributed by atoms with van der Waals surface area (Å²) in [6.45, 7) is 1.90. The van der Waals surface area contributed by atoms with Gasteiger partial charge < -0.3 is 5.32 Å². The van der Waals surface area contributed by atoms with Crippen molar-refractivity contribution in [2.45, 2.75) is 16.7 Å². The van der Waals surface area contributed by atoms with E-state index >= 15 is 0 Å². The highest BCUT2D eigenvalue weighted by Gasteiger charge is 2.18. The van der Waals surface area contributed by atoms with E-state index in [4.69, 9.17) is 0 Å². The number of nitrogens with one attached hydrogen (secondary N) is 2. The van der Waals surface area contributed by atoms with Crippen LogP contribution in [0.3, 0.4) is 0 Å². The Kier molecular flexibility index (Phi) is 5.12. The molecule has 0 saturated carbocycles. The molecule has 7 nitrogen and oxygen atoms in total. The highest BCUT2D eigenvalue weighted by Crippen LogP contribution is 2.26. The zero-order valence-corrected chi connectivity index (χ0v) is 18.0. The Morgan fingerprint density at radius 3 is 2.34 bits per heavy atom. The molecular formula is C24H19N5O2S. The molecule has 5 rings (SSSR count). The summed E-state index contributed by atoms with van der Waals surface area (Å²) in [6, 6.07) is 25.4. The van der Waals surface area contributed by atoms with E-state index < -0.39 is 10.8 Å². The minimum absolute atomic E-state index is 0.290. The lowest BCUT2D eigenvalue weighted by molar-refractivity contribution is 0.681. The molecule has 158 valence electrons. The maximum Gasteiger partial charge on any atom is 0.279 e. The second-order valence-electron chi connectivity index (χ2n) is 7.22. The predicted octanol–water partition coefficient (Wildman–Crippen LogP) is 4.33. The van der Waals surface area contributed by atoms with Gasteiger partial charge in [0.15, 0.2) is 11.6 Å². The van der Waals surface area contributed by atoms with Gasteiger partial charge in [0, 0.05) is 22.0 Å². The third-order valence-corrected chi connectivity index (χ3v) is 6.45. The lowest BCUT2D eigenvalue weighted by Crippen LogP contribution is -2.23. The van der Waals surface area contributed by atoms with Crippen LogP contribution in [0.15, 0.2) is 99.5 Å². The van der Waals surface area contributed by atoms with E-state index in [1.54, 1.807) is 42.5 Å². The maximum absolute atomic E-state index is 13.4. The molecule has 0 spiro atoms. The van der Waals surface area contributed by atoms with Gasteiger partial charge in [-0.3, -0.25) is 9.89 Å². The van der Waals surface area contributed by atoms with Crippen molar-refractivity contribution in [3.05, 3.63) is 101 Å². The maximum atomic E-state index is 13.4. The fraction of sp³-hybridized carbons (Fsp3) is 0.0417. The summed E-state index contributed by atoms with van der Waals surface area (Å²) in [4.78, 5) is 14.6. The van der Waals surface area contributed by atoms with E-state index in [2.05, 4.69) is 20.6 Å². The van der Waals surface area contributed by atoms with E-state index in [-0.39, 0.29) is 5.56 Å². The van der Waals surface area contributed by atoms with E-state index in [0.29, 0.717) is 37.9 Å². The van der Waals surface area contributed by atoms with E-state index in [1.165, 1.54) is 4.68 Å². The van der Waals surface area contributed by atoms with Crippen molar-refractivity contribution in [1.82, 2.24) is 20.0 Å². The normalized spacial score (nSPS) is 12.0. The molecule has 0 aliphatic carbocycles. The number of nitrogens with zero attached hydrogens (tertiary/aromatic N) is 3. The molecule has 0 radical (unpaired) electrons. The van der Waals surface area contributed by atoms with Gasteiger partial charge in [0.1, 0.15) is 0 Å². The number of H-pyrrole nitrogens is 1. The van der Waals surface area contributed by atoms with Gasteiger partial charge in [0.25, 0.3) is 5.56 Å². The van der Waals surface area contributed by atoms with Gasteiger partial charge in [0.05, 0.1) is 26.8 Å². The molecule has 0 aliphatic rings. The third-order valence-electron chi connectivity index (χ3n) is 5.01. The van der Waals surface area contributed by atoms with Crippen LogP contribution in [0, 0.1) is 6.92 Å². The molecule has 3 aromatic carbocycles. The summed E-state index contributed by atoms with van der Waals surface area (Å²) in [6.07, 6.45) is 0. The van der Waals surface area contributed by atoms with Crippen LogP contribution < -0.4 is 10.9 Å². The number of hydrogen-bond donors (Lipinski definition) is 2. The topological polar surface area (TPSA) is 92.7 Å². The SMILES string of the molecule is Cc1cc(Nc2nn(-c3ccccc3S(=O)c3ccccc3)c(=O)c3ccccc23)n[nH]1. The van der Waals surface area contributed by atoms with Crippen molar-refractivity contribution >= 4 is 33.2 Å². The molecule has 0 amide bonds. The van der Waals surface area contributed by atoms with Crippen molar-refractivity contribution in [3.8, 4) is 5.69 Å². The average molecular weight is 442 g/mol. The molecule has 2 aromatic heterocycles. The summed E-state index contributed by atoms with van der Waals surface area (Å²) in [5.74, 6) is 1.07. The van der Waals surface area contributed by atoms with Crippen LogP contribution in [-0.2, 0) is 10.8 Å². The first-order chi connectivity index (χ1) is 15.6. The zero-order valence-electron chi connectivity index (χ0n) is 17.1. The summed E-state index contributed by atoms with van der Waals surface area (Å²) in [5, 5.41) is 16.1. The largest absolute Gasteiger partial charge is 0.321 e. The number of rotatable bonds is 5. The molecule has 0 saturated heterocycles. The Morgan fingerprint density at radius 1 is 0.906 bits per heavy atom. The van der Waals surface area contributed by atoms with Crippen molar-refractivity contribution < 1.29 is 4.21 Å². The molecule has 1 atom stereocenters. The van der Waals surface area contributed by atoms with Crippen LogP contribution >= 0.6 is 0 Å². The van der Waals surface area contributed by atoms with Crippen molar-refractivity contribution in [1.29, 1.82) is 0 Å². The zero-order chi connectivity index (χ0) is 22.1. The highest BCUT2D eigenvalue weighted by atomic mass is 32.2. The average Bonchev–Trinajstić information content (AvgIpc) is 3.25. The number of aryl methyl sites for hydroxylation is 1. The minimum Gasteiger partial charge on any atom is -0.321 e. The summed E-state index contributed by atoms with van der Waals surface area (Å²) < 4.78 is 14.6. The fourth-order valence-electron chi connectivity index (χ4n) is 3.51. The Labute approximate surface area is 186 Å². The number of fused-ring (bicyclic) bond motifs is 1. The monoisotopic (exact) mass is 441 g/mol. The molecule has 0 fully saturated rings. The quantitative estimate of drug-likeness (QED) is 0.424. The molecular weight excluding hydrogens is 422 g/mol. The highest BCUT2D eigenvalue weighted by molar-refractivity contribution is 7.85. The first-order valence-corrected chi connectivity index (χ1v) is 11.1. The van der Waals surface area contributed by atoms with Crippen LogP contribution in [0.4, 0.5) is 11.6 Å². The lowest BCUT2D eigenvalue weighted by atomic mass is 10.2. The molecule has 5 aromatic rings. The van der Waals surface area contributed by atoms with Crippen molar-refractivity contribution in [2.75, 3.05) is 5.32 Å². The van der Waals surface area contributed by atoms with Crippen molar-refractivity contribution in [3.63, 3.8) is 0 Å². The fourth-order valence-corrected chi connectivity index (χ4v) is 4.71. The van der Waals surface area contributed by atoms with E-state index in [9.17, 15) is 9.00 Å². The van der Waals surface area contributed by atoms with Crippen LogP contribution in [0.2, 0.25) is 0 Å². The molecule has 32 heavy (non-hydrogen) atoms. The molecule has 8 heteroatoms. The van der Waals surface area contributed by atoms with Gasteiger partial charge in [-0.2, -0.15) is 9.78 Å². The standard InChI is InChI=1S/C24H19N5O2S/c1-16-15-22(27-26-16)25-23-18-11-5-6-12-19(18)24(30)29(28-23)20-13-7-8-14-21(20)32(31)17-9-3-2-4-10-17/h2-15H,1H3,(H2,25,26,27,28). The van der Waals surface area contributed by atoms with Crippen LogP contribution in [0.1, 0.15) is 5.69 Å². The first-order valence-electron chi connectivity index (χ1n) is 9.99. The predicted molar refractivity (Wildman–Crippen MR) is 125 cm³/mol. The third kappa shape index (κ3) is 3.61. The number of anilines is 2. The molecule has 2 heterocycles. The second-order valence-corrected chi connectivity index (χ2v) is 8.67. The van der Waals surface area contributed by atoms with Gasteiger partial charge in [-0.15, -0.1) is 5.10 Å². The Morgan fingerprint density at radius 2 is 1.59 bits per heavy atom. The van der Waals surface area contributed by atoms with Gasteiger partial charge in [-0.1, -0.05) is 48.5 Å². The Balaban J connectivity index is 1.71. The second kappa shape index (κ2) is 8.24. The van der Waals surface area contributed by atoms with Gasteiger partial charge in [0.2, 0.25) is 0 Å². The Hall–Kier alpha value is -4.04. The summed E-state index contributed by atoms with van der Waals surface area (Å²) >= 11 is 0. The first kappa shape index (κ1) is 19.9. The number of benzene rings is 3. The Bertz CT molecular complexity index is 1510. The molecule has 1 unspecified atom stereocenters. The minimum atomic E-state index is -1.48. The molecule has 0 bridgehead atoms. The lowest BCUT2D eigenvalue weighted by Gasteiger charge is -2.14. The van der Waals surface area contributed by atoms with E-state index in [1.807, 2.05) is 49.4 Å². The van der Waals surface area contributed by atoms with Crippen LogP contribution in [-0.4, -0.2) is 24.2 Å². The number of aromatic nitrogens is 4. The summed E-state index contributed by atoms with van der Waals surface area (Å²) in [7, 11) is -1.48. The number of para-hydroxylation sites is 1. The molecule has 0 aliphatic heterocycles. The van der Waals surface area contributed by atoms with Crippen molar-refractivity contribution in [2.24, 2.45) is 0 Å². The van der Waals surface area contributed by atoms with Gasteiger partial charge in [-0.05, 0) is 37.3 Å². The molecule has 2 N–H and O–H groups in total. The van der Waals surface area contributed by atoms with E-state index in [0.717, 1.165) is 5.69 Å². The smallest absolute Gasteiger partial charge is 0.279 e. The van der Waals surface area contributed by atoms with Gasteiger partial charge >= 0.3 is 0 Å². The van der Waals surface area contributed by atoms with Gasteiger partial charge in [-0.25, -0.2) is 4.21 Å². The summed E-state index contributed by atoms with van der Waals surface area (Å²) in [5.41, 5.74) is 1.07. The van der Waals surface area contributed by atoms with Crippen LogP contribution in [0.25, 0.3) is 16.5 Å². The number of aromatic amines is 1.